The second-order valence-corrected chi connectivity index (χ2v) is 6.22. The molecule has 0 saturated heterocycles. The van der Waals surface area contributed by atoms with Crippen molar-refractivity contribution in [2.75, 3.05) is 14.1 Å². The van der Waals surface area contributed by atoms with E-state index in [4.69, 9.17) is 11.6 Å². The summed E-state index contributed by atoms with van der Waals surface area (Å²) in [5.41, 5.74) is 1.58. The number of nitrogens with zero attached hydrogens (tertiary/aromatic N) is 4. The van der Waals surface area contributed by atoms with E-state index >= 15 is 0 Å². The Morgan fingerprint density at radius 1 is 1.36 bits per heavy atom. The van der Waals surface area contributed by atoms with E-state index in [0.29, 0.717) is 17.3 Å². The number of rotatable bonds is 4. The first-order valence-corrected chi connectivity index (χ1v) is 8.01. The Labute approximate surface area is 149 Å². The largest absolute Gasteiger partial charge is 0.343 e. The lowest BCUT2D eigenvalue weighted by molar-refractivity contribution is 0.0822. The number of hydrogen-bond acceptors (Lipinski definition) is 3. The minimum Gasteiger partial charge on any atom is -0.343 e. The van der Waals surface area contributed by atoms with Crippen molar-refractivity contribution < 1.29 is 4.79 Å². The highest BCUT2D eigenvalue weighted by Crippen LogP contribution is 2.22. The number of carbonyl (C=O) groups excluding carboxylic acids is 1. The van der Waals surface area contributed by atoms with Crippen molar-refractivity contribution in [1.29, 1.82) is 0 Å². The van der Waals surface area contributed by atoms with E-state index in [1.54, 1.807) is 53.7 Å². The molecular weight excluding hydrogens is 340 g/mol. The summed E-state index contributed by atoms with van der Waals surface area (Å²) in [4.78, 5) is 30.6. The van der Waals surface area contributed by atoms with E-state index in [1.807, 2.05) is 12.1 Å². The molecule has 0 aliphatic rings. The quantitative estimate of drug-likeness (QED) is 0.675. The Balaban J connectivity index is 2.29. The van der Waals surface area contributed by atoms with Crippen LogP contribution in [-0.4, -0.2) is 38.9 Å². The second-order valence-electron chi connectivity index (χ2n) is 5.79. The highest BCUT2D eigenvalue weighted by atomic mass is 35.5. The van der Waals surface area contributed by atoms with Crippen LogP contribution in [0.15, 0.2) is 54.1 Å². The SMILES string of the molecule is C=CCn1c(-c2cccc(Cl)c2)cn2cc(C(=O)N(C)C)nc2c1=O. The molecule has 7 heteroatoms. The molecule has 0 N–H and O–H groups in total. The summed E-state index contributed by atoms with van der Waals surface area (Å²) >= 11 is 6.09. The normalized spacial score (nSPS) is 10.8. The van der Waals surface area contributed by atoms with Crippen molar-refractivity contribution in [3.05, 3.63) is 70.4 Å². The molecule has 1 amide bonds. The lowest BCUT2D eigenvalue weighted by atomic mass is 10.1. The maximum absolute atomic E-state index is 12.9. The Morgan fingerprint density at radius 3 is 2.76 bits per heavy atom. The van der Waals surface area contributed by atoms with Crippen LogP contribution in [0.2, 0.25) is 5.02 Å². The van der Waals surface area contributed by atoms with E-state index in [2.05, 4.69) is 11.6 Å². The summed E-state index contributed by atoms with van der Waals surface area (Å²) in [6.07, 6.45) is 4.97. The van der Waals surface area contributed by atoms with Gasteiger partial charge < -0.3 is 4.90 Å². The van der Waals surface area contributed by atoms with E-state index < -0.39 is 0 Å². The van der Waals surface area contributed by atoms with E-state index in [9.17, 15) is 9.59 Å². The Kier molecular flexibility index (Phi) is 4.46. The summed E-state index contributed by atoms with van der Waals surface area (Å²) < 4.78 is 3.14. The first kappa shape index (κ1) is 17.0. The number of halogens is 1. The number of benzene rings is 1. The molecule has 128 valence electrons. The highest BCUT2D eigenvalue weighted by Gasteiger charge is 2.17. The van der Waals surface area contributed by atoms with Gasteiger partial charge in [0, 0.05) is 43.6 Å². The molecule has 1 aromatic carbocycles. The van der Waals surface area contributed by atoms with E-state index in [0.717, 1.165) is 5.56 Å². The van der Waals surface area contributed by atoms with Gasteiger partial charge >= 0.3 is 0 Å². The van der Waals surface area contributed by atoms with Gasteiger partial charge in [0.2, 0.25) is 5.65 Å². The maximum Gasteiger partial charge on any atom is 0.295 e. The third-order valence-electron chi connectivity index (χ3n) is 3.78. The van der Waals surface area contributed by atoms with Crippen molar-refractivity contribution in [3.8, 4) is 11.3 Å². The van der Waals surface area contributed by atoms with Gasteiger partial charge in [0.1, 0.15) is 5.69 Å². The van der Waals surface area contributed by atoms with Gasteiger partial charge in [-0.3, -0.25) is 18.6 Å². The molecule has 2 aromatic heterocycles. The highest BCUT2D eigenvalue weighted by molar-refractivity contribution is 6.30. The average molecular weight is 357 g/mol. The number of fused-ring (bicyclic) bond motifs is 1. The lowest BCUT2D eigenvalue weighted by Gasteiger charge is -2.12. The molecule has 6 nitrogen and oxygen atoms in total. The van der Waals surface area contributed by atoms with Crippen molar-refractivity contribution in [2.24, 2.45) is 0 Å². The summed E-state index contributed by atoms with van der Waals surface area (Å²) in [6, 6.07) is 7.24. The monoisotopic (exact) mass is 356 g/mol. The van der Waals surface area contributed by atoms with Crippen LogP contribution < -0.4 is 5.56 Å². The van der Waals surface area contributed by atoms with Gasteiger partial charge in [-0.2, -0.15) is 0 Å². The smallest absolute Gasteiger partial charge is 0.295 e. The number of aromatic nitrogens is 3. The zero-order valence-electron chi connectivity index (χ0n) is 13.9. The molecule has 0 saturated carbocycles. The van der Waals surface area contributed by atoms with Crippen molar-refractivity contribution in [2.45, 2.75) is 6.54 Å². The summed E-state index contributed by atoms with van der Waals surface area (Å²) in [7, 11) is 3.28. The van der Waals surface area contributed by atoms with Crippen molar-refractivity contribution in [1.82, 2.24) is 18.9 Å². The number of amides is 1. The summed E-state index contributed by atoms with van der Waals surface area (Å²) in [6.45, 7) is 4.03. The summed E-state index contributed by atoms with van der Waals surface area (Å²) in [5.74, 6) is -0.261. The second kappa shape index (κ2) is 6.57. The maximum atomic E-state index is 12.9. The predicted molar refractivity (Wildman–Crippen MR) is 98.1 cm³/mol. The molecule has 0 bridgehead atoms. The Morgan fingerprint density at radius 2 is 2.12 bits per heavy atom. The van der Waals surface area contributed by atoms with Crippen LogP contribution in [0.4, 0.5) is 0 Å². The molecule has 0 spiro atoms. The van der Waals surface area contributed by atoms with Crippen LogP contribution in [0.5, 0.6) is 0 Å². The van der Waals surface area contributed by atoms with E-state index in [-0.39, 0.29) is 22.8 Å². The van der Waals surface area contributed by atoms with Crippen LogP contribution in [0.25, 0.3) is 16.9 Å². The minimum atomic E-state index is -0.296. The molecule has 3 rings (SSSR count). The first-order chi connectivity index (χ1) is 11.9. The number of hydrogen-bond donors (Lipinski definition) is 0. The molecule has 0 unspecified atom stereocenters. The summed E-state index contributed by atoms with van der Waals surface area (Å²) in [5, 5.41) is 0.573. The average Bonchev–Trinajstić information content (AvgIpc) is 3.01. The van der Waals surface area contributed by atoms with Gasteiger partial charge in [0.25, 0.3) is 11.5 Å². The topological polar surface area (TPSA) is 59.6 Å². The first-order valence-electron chi connectivity index (χ1n) is 7.63. The molecule has 0 aliphatic carbocycles. The van der Waals surface area contributed by atoms with Crippen molar-refractivity contribution in [3.63, 3.8) is 0 Å². The Bertz CT molecular complexity index is 1030. The Hall–Kier alpha value is -2.86. The molecule has 0 atom stereocenters. The number of imidazole rings is 1. The van der Waals surface area contributed by atoms with Gasteiger partial charge in [0.05, 0.1) is 5.69 Å². The number of carbonyl (C=O) groups is 1. The fourth-order valence-electron chi connectivity index (χ4n) is 2.60. The molecular formula is C18H17ClN4O2. The van der Waals surface area contributed by atoms with Gasteiger partial charge in [-0.05, 0) is 12.1 Å². The zero-order valence-corrected chi connectivity index (χ0v) is 14.7. The molecule has 0 fully saturated rings. The fourth-order valence-corrected chi connectivity index (χ4v) is 2.79. The fraction of sp³-hybridized carbons (Fsp3) is 0.167. The molecule has 2 heterocycles. The minimum absolute atomic E-state index is 0.192. The van der Waals surface area contributed by atoms with Gasteiger partial charge in [-0.15, -0.1) is 6.58 Å². The van der Waals surface area contributed by atoms with E-state index in [1.165, 1.54) is 4.90 Å². The van der Waals surface area contributed by atoms with Crippen LogP contribution >= 0.6 is 11.6 Å². The predicted octanol–water partition coefficient (Wildman–Crippen LogP) is 2.70. The van der Waals surface area contributed by atoms with Gasteiger partial charge in [-0.25, -0.2) is 4.98 Å². The molecule has 0 radical (unpaired) electrons. The van der Waals surface area contributed by atoms with Gasteiger partial charge in [-0.1, -0.05) is 29.8 Å². The zero-order chi connectivity index (χ0) is 18.1. The molecule has 3 aromatic rings. The molecule has 0 aliphatic heterocycles. The standard InChI is InChI=1S/C18H17ClN4O2/c1-4-8-23-15(12-6-5-7-13(19)9-12)11-22-10-14(17(24)21(2)3)20-16(22)18(23)25/h4-7,9-11H,1,8H2,2-3H3. The molecule has 25 heavy (non-hydrogen) atoms. The van der Waals surface area contributed by atoms with Crippen LogP contribution in [-0.2, 0) is 6.54 Å². The third-order valence-corrected chi connectivity index (χ3v) is 4.01. The van der Waals surface area contributed by atoms with Crippen molar-refractivity contribution >= 4 is 23.2 Å². The lowest BCUT2D eigenvalue weighted by Crippen LogP contribution is -2.24. The van der Waals surface area contributed by atoms with Gasteiger partial charge in [0.15, 0.2) is 0 Å². The van der Waals surface area contributed by atoms with Crippen LogP contribution in [0.1, 0.15) is 10.5 Å². The third kappa shape index (κ3) is 3.08. The van der Waals surface area contributed by atoms with Crippen LogP contribution in [0.3, 0.4) is 0 Å². The number of allylic oxidation sites excluding steroid dienone is 1. The van der Waals surface area contributed by atoms with Crippen LogP contribution in [0, 0.1) is 0 Å².